The molecule has 5 nitrogen and oxygen atoms in total. The summed E-state index contributed by atoms with van der Waals surface area (Å²) in [6.45, 7) is 1.87. The van der Waals surface area contributed by atoms with Crippen LogP contribution in [0.4, 0.5) is 43.4 Å². The predicted molar refractivity (Wildman–Crippen MR) is 116 cm³/mol. The maximum absolute atomic E-state index is 13.2. The van der Waals surface area contributed by atoms with Crippen LogP contribution >= 0.6 is 0 Å². The predicted octanol–water partition coefficient (Wildman–Crippen LogP) is 5.27. The van der Waals surface area contributed by atoms with Gasteiger partial charge in [0.25, 0.3) is 10.9 Å². The first-order valence-electron chi connectivity index (χ1n) is 11.4. The number of rotatable bonds is 5. The molecule has 0 spiro atoms. The molecular formula is C23H25F6N3O2. The zero-order valence-electron chi connectivity index (χ0n) is 18.3. The van der Waals surface area contributed by atoms with Crippen LogP contribution in [0, 0.1) is 0 Å². The van der Waals surface area contributed by atoms with Crippen molar-refractivity contribution in [3.8, 4) is 0 Å². The molecule has 2 unspecified atom stereocenters. The van der Waals surface area contributed by atoms with Crippen LogP contribution in [0.2, 0.25) is 0 Å². The van der Waals surface area contributed by atoms with E-state index in [1.54, 1.807) is 0 Å². The first-order chi connectivity index (χ1) is 15.9. The molecule has 0 aromatic heterocycles. The van der Waals surface area contributed by atoms with Gasteiger partial charge in [-0.1, -0.05) is 19.3 Å². The lowest BCUT2D eigenvalue weighted by atomic mass is 9.87. The molecule has 4 rings (SSSR count). The van der Waals surface area contributed by atoms with E-state index in [-0.39, 0.29) is 29.5 Å². The molecule has 1 aliphatic heterocycles. The summed E-state index contributed by atoms with van der Waals surface area (Å²) in [6, 6.07) is 1.01. The van der Waals surface area contributed by atoms with Crippen LogP contribution in [-0.2, 0) is 12.4 Å². The minimum Gasteiger partial charge on any atom is -0.376 e. The molecule has 186 valence electrons. The van der Waals surface area contributed by atoms with Gasteiger partial charge in [-0.2, -0.15) is 26.3 Å². The van der Waals surface area contributed by atoms with Gasteiger partial charge in [0.05, 0.1) is 11.1 Å². The average Bonchev–Trinajstić information content (AvgIpc) is 2.80. The quantitative estimate of drug-likeness (QED) is 0.443. The third-order valence-corrected chi connectivity index (χ3v) is 6.69. The van der Waals surface area contributed by atoms with Crippen molar-refractivity contribution in [3.05, 3.63) is 49.8 Å². The van der Waals surface area contributed by atoms with Crippen molar-refractivity contribution in [2.45, 2.75) is 69.4 Å². The molecule has 1 saturated carbocycles. The van der Waals surface area contributed by atoms with Crippen molar-refractivity contribution in [1.82, 2.24) is 4.90 Å². The molecule has 2 aliphatic rings. The second-order valence-electron chi connectivity index (χ2n) is 9.03. The third-order valence-electron chi connectivity index (χ3n) is 6.69. The van der Waals surface area contributed by atoms with E-state index in [0.29, 0.717) is 12.1 Å². The maximum Gasteiger partial charge on any atom is 0.416 e. The Morgan fingerprint density at radius 2 is 1.29 bits per heavy atom. The van der Waals surface area contributed by atoms with E-state index in [1.165, 1.54) is 0 Å². The highest BCUT2D eigenvalue weighted by Gasteiger charge is 2.38. The second kappa shape index (κ2) is 9.24. The Bertz CT molecular complexity index is 1070. The van der Waals surface area contributed by atoms with E-state index >= 15 is 0 Å². The first kappa shape index (κ1) is 24.6. The number of hydrogen-bond donors (Lipinski definition) is 2. The fraction of sp³-hybridized carbons (Fsp3) is 0.565. The summed E-state index contributed by atoms with van der Waals surface area (Å²) in [4.78, 5) is 26.9. The summed E-state index contributed by atoms with van der Waals surface area (Å²) >= 11 is 0. The Hall–Kier alpha value is -2.56. The van der Waals surface area contributed by atoms with E-state index in [1.807, 2.05) is 0 Å². The van der Waals surface area contributed by atoms with Crippen LogP contribution in [-0.4, -0.2) is 30.1 Å². The van der Waals surface area contributed by atoms with Crippen molar-refractivity contribution in [1.29, 1.82) is 0 Å². The first-order valence-corrected chi connectivity index (χ1v) is 11.4. The van der Waals surface area contributed by atoms with E-state index in [2.05, 4.69) is 15.5 Å². The lowest BCUT2D eigenvalue weighted by Gasteiger charge is -2.42. The monoisotopic (exact) mass is 489 g/mol. The van der Waals surface area contributed by atoms with Gasteiger partial charge in [-0.25, -0.2) is 0 Å². The van der Waals surface area contributed by atoms with Crippen LogP contribution in [0.15, 0.2) is 27.8 Å². The summed E-state index contributed by atoms with van der Waals surface area (Å²) in [5, 5.41) is 5.45. The zero-order chi connectivity index (χ0) is 24.7. The van der Waals surface area contributed by atoms with E-state index < -0.39 is 40.0 Å². The smallest absolute Gasteiger partial charge is 0.376 e. The number of halogens is 6. The van der Waals surface area contributed by atoms with Gasteiger partial charge in [-0.05, 0) is 57.0 Å². The van der Waals surface area contributed by atoms with Gasteiger partial charge in [0, 0.05) is 17.8 Å². The van der Waals surface area contributed by atoms with Gasteiger partial charge < -0.3 is 10.6 Å². The number of piperidine rings is 1. The van der Waals surface area contributed by atoms with Crippen LogP contribution < -0.4 is 21.5 Å². The largest absolute Gasteiger partial charge is 0.416 e. The third kappa shape index (κ3) is 5.08. The Balaban J connectivity index is 1.60. The van der Waals surface area contributed by atoms with Gasteiger partial charge >= 0.3 is 12.4 Å². The topological polar surface area (TPSA) is 61.4 Å². The number of alkyl halides is 6. The molecule has 1 aliphatic carbocycles. The SMILES string of the molecule is O=c1c(Nc2cc(C(F)(F)F)cc(C(F)(F)F)c2)c(NC2CCCCC2N2CCCCC2)c1=O. The second-order valence-corrected chi connectivity index (χ2v) is 9.03. The summed E-state index contributed by atoms with van der Waals surface area (Å²) in [5.74, 6) is 0. The molecule has 34 heavy (non-hydrogen) atoms. The molecule has 2 aromatic carbocycles. The van der Waals surface area contributed by atoms with E-state index in [4.69, 9.17) is 0 Å². The lowest BCUT2D eigenvalue weighted by molar-refractivity contribution is -0.143. The summed E-state index contributed by atoms with van der Waals surface area (Å²) in [7, 11) is 0. The summed E-state index contributed by atoms with van der Waals surface area (Å²) < 4.78 is 79.0. The van der Waals surface area contributed by atoms with Crippen LogP contribution in [0.1, 0.15) is 56.1 Å². The van der Waals surface area contributed by atoms with Crippen molar-refractivity contribution < 1.29 is 26.3 Å². The van der Waals surface area contributed by atoms with Gasteiger partial charge in [0.1, 0.15) is 11.4 Å². The molecule has 0 radical (unpaired) electrons. The molecule has 2 aromatic rings. The zero-order valence-corrected chi connectivity index (χ0v) is 18.3. The Morgan fingerprint density at radius 1 is 0.735 bits per heavy atom. The van der Waals surface area contributed by atoms with Crippen molar-refractivity contribution in [3.63, 3.8) is 0 Å². The lowest BCUT2D eigenvalue weighted by Crippen LogP contribution is -2.52. The maximum atomic E-state index is 13.2. The highest BCUT2D eigenvalue weighted by Crippen LogP contribution is 2.38. The molecule has 1 saturated heterocycles. The minimum atomic E-state index is -5.02. The number of anilines is 3. The number of benzene rings is 1. The molecule has 2 N–H and O–H groups in total. The van der Waals surface area contributed by atoms with E-state index in [0.717, 1.165) is 58.0 Å². The fourth-order valence-corrected chi connectivity index (χ4v) is 4.97. The molecule has 0 bridgehead atoms. The van der Waals surface area contributed by atoms with Gasteiger partial charge in [-0.15, -0.1) is 0 Å². The van der Waals surface area contributed by atoms with Crippen LogP contribution in [0.5, 0.6) is 0 Å². The highest BCUT2D eigenvalue weighted by molar-refractivity contribution is 5.79. The molecule has 11 heteroatoms. The number of likely N-dealkylation sites (tertiary alicyclic amines) is 1. The highest BCUT2D eigenvalue weighted by atomic mass is 19.4. The molecule has 1 heterocycles. The van der Waals surface area contributed by atoms with E-state index in [9.17, 15) is 35.9 Å². The van der Waals surface area contributed by atoms with Gasteiger partial charge in [0.2, 0.25) is 0 Å². The Labute approximate surface area is 191 Å². The fourth-order valence-electron chi connectivity index (χ4n) is 4.97. The van der Waals surface area contributed by atoms with Crippen LogP contribution in [0.25, 0.3) is 0 Å². The standard InChI is InChI=1S/C23H25F6N3O2/c24-22(25,26)13-10-14(23(27,28)29)12-15(11-13)30-18-19(21(34)20(18)33)31-16-6-2-3-7-17(16)32-8-4-1-5-9-32/h10-12,16-17,30-31H,1-9H2. The average molecular weight is 489 g/mol. The van der Waals surface area contributed by atoms with Gasteiger partial charge in [0.15, 0.2) is 0 Å². The molecule has 0 amide bonds. The number of nitrogens with one attached hydrogen (secondary N) is 2. The van der Waals surface area contributed by atoms with Crippen molar-refractivity contribution in [2.24, 2.45) is 0 Å². The number of hydrogen-bond acceptors (Lipinski definition) is 5. The summed E-state index contributed by atoms with van der Waals surface area (Å²) in [6.07, 6.45) is -3.11. The Morgan fingerprint density at radius 3 is 1.88 bits per heavy atom. The summed E-state index contributed by atoms with van der Waals surface area (Å²) in [5.41, 5.74) is -5.75. The number of nitrogens with zero attached hydrogens (tertiary/aromatic N) is 1. The van der Waals surface area contributed by atoms with Crippen molar-refractivity contribution >= 4 is 17.1 Å². The minimum absolute atomic E-state index is 0.0116. The normalized spacial score (nSPS) is 22.6. The van der Waals surface area contributed by atoms with Crippen molar-refractivity contribution in [2.75, 3.05) is 23.7 Å². The molecular weight excluding hydrogens is 464 g/mol. The van der Waals surface area contributed by atoms with Gasteiger partial charge in [-0.3, -0.25) is 14.5 Å². The molecule has 2 fully saturated rings. The van der Waals surface area contributed by atoms with Crippen LogP contribution in [0.3, 0.4) is 0 Å². The Kier molecular flexibility index (Phi) is 6.67. The molecule has 2 atom stereocenters.